The van der Waals surface area contributed by atoms with Gasteiger partial charge in [0.05, 0.1) is 18.3 Å². The number of unbranched alkanes of at least 4 members (excludes halogenated alkanes) is 1. The molecule has 1 aliphatic rings. The zero-order valence-corrected chi connectivity index (χ0v) is 17.2. The molecule has 0 saturated heterocycles. The molecular formula is C23H30N6. The molecule has 0 spiro atoms. The van der Waals surface area contributed by atoms with E-state index >= 15 is 0 Å². The number of aromatic nitrogens is 4. The van der Waals surface area contributed by atoms with E-state index in [9.17, 15) is 0 Å². The normalized spacial score (nSPS) is 16.2. The average molecular weight is 391 g/mol. The second-order valence-corrected chi connectivity index (χ2v) is 7.79. The monoisotopic (exact) mass is 390 g/mol. The molecule has 6 nitrogen and oxygen atoms in total. The number of hydrogen-bond acceptors (Lipinski definition) is 5. The van der Waals surface area contributed by atoms with E-state index in [2.05, 4.69) is 51.0 Å². The van der Waals surface area contributed by atoms with Crippen LogP contribution in [-0.2, 0) is 20.0 Å². The molecule has 1 unspecified atom stereocenters. The van der Waals surface area contributed by atoms with Gasteiger partial charge in [-0.3, -0.25) is 9.88 Å². The number of pyridine rings is 1. The number of benzene rings is 1. The Morgan fingerprint density at radius 1 is 1.10 bits per heavy atom. The highest BCUT2D eigenvalue weighted by molar-refractivity contribution is 5.54. The number of nitrogens with two attached hydrogens (primary N) is 1. The van der Waals surface area contributed by atoms with Crippen molar-refractivity contribution in [3.8, 4) is 11.4 Å². The second kappa shape index (κ2) is 9.29. The molecule has 3 aromatic rings. The predicted octanol–water partition coefficient (Wildman–Crippen LogP) is 3.50. The van der Waals surface area contributed by atoms with Gasteiger partial charge in [0.15, 0.2) is 5.82 Å². The summed E-state index contributed by atoms with van der Waals surface area (Å²) in [6.45, 7) is 2.49. The molecule has 0 bridgehead atoms. The van der Waals surface area contributed by atoms with E-state index < -0.39 is 0 Å². The predicted molar refractivity (Wildman–Crippen MR) is 115 cm³/mol. The van der Waals surface area contributed by atoms with Crippen molar-refractivity contribution in [3.63, 3.8) is 0 Å². The zero-order valence-electron chi connectivity index (χ0n) is 17.2. The Labute approximate surface area is 172 Å². The molecule has 2 aromatic heterocycles. The van der Waals surface area contributed by atoms with Crippen LogP contribution in [0.1, 0.15) is 48.8 Å². The van der Waals surface area contributed by atoms with Crippen LogP contribution in [0.5, 0.6) is 0 Å². The summed E-state index contributed by atoms with van der Waals surface area (Å²) in [5, 5.41) is 9.01. The number of rotatable bonds is 8. The van der Waals surface area contributed by atoms with E-state index in [1.54, 1.807) is 0 Å². The highest BCUT2D eigenvalue weighted by Gasteiger charge is 2.28. The van der Waals surface area contributed by atoms with Crippen molar-refractivity contribution in [2.75, 3.05) is 13.1 Å². The SMILES string of the molecule is Cn1c(CN(CCCCN)C2CCCc3cccnc32)nnc1-c1ccccc1. The largest absolute Gasteiger partial charge is 0.330 e. The third-order valence-corrected chi connectivity index (χ3v) is 5.85. The van der Waals surface area contributed by atoms with Gasteiger partial charge in [0.25, 0.3) is 0 Å². The lowest BCUT2D eigenvalue weighted by atomic mass is 9.90. The van der Waals surface area contributed by atoms with E-state index in [0.717, 1.165) is 62.5 Å². The summed E-state index contributed by atoms with van der Waals surface area (Å²) < 4.78 is 2.12. The highest BCUT2D eigenvalue weighted by Crippen LogP contribution is 2.34. The van der Waals surface area contributed by atoms with Gasteiger partial charge in [0, 0.05) is 18.8 Å². The second-order valence-electron chi connectivity index (χ2n) is 7.79. The number of hydrogen-bond donors (Lipinski definition) is 1. The van der Waals surface area contributed by atoms with Crippen LogP contribution in [0, 0.1) is 0 Å². The summed E-state index contributed by atoms with van der Waals surface area (Å²) >= 11 is 0. The van der Waals surface area contributed by atoms with E-state index in [4.69, 9.17) is 10.7 Å². The lowest BCUT2D eigenvalue weighted by Gasteiger charge is -2.34. The van der Waals surface area contributed by atoms with Crippen molar-refractivity contribution in [2.24, 2.45) is 12.8 Å². The molecule has 0 fully saturated rings. The van der Waals surface area contributed by atoms with Crippen LogP contribution in [0.25, 0.3) is 11.4 Å². The highest BCUT2D eigenvalue weighted by atomic mass is 15.3. The van der Waals surface area contributed by atoms with Gasteiger partial charge in [0.1, 0.15) is 5.82 Å². The van der Waals surface area contributed by atoms with Crippen LogP contribution in [0.4, 0.5) is 0 Å². The summed E-state index contributed by atoms with van der Waals surface area (Å²) in [4.78, 5) is 7.28. The molecule has 0 saturated carbocycles. The molecular weight excluding hydrogens is 360 g/mol. The maximum atomic E-state index is 5.76. The summed E-state index contributed by atoms with van der Waals surface area (Å²) in [5.41, 5.74) is 9.47. The van der Waals surface area contributed by atoms with Crippen molar-refractivity contribution in [1.29, 1.82) is 0 Å². The van der Waals surface area contributed by atoms with Crippen molar-refractivity contribution >= 4 is 0 Å². The first-order valence-electron chi connectivity index (χ1n) is 10.6. The molecule has 1 aromatic carbocycles. The molecule has 2 heterocycles. The summed E-state index contributed by atoms with van der Waals surface area (Å²) in [5.74, 6) is 1.89. The molecule has 0 radical (unpaired) electrons. The van der Waals surface area contributed by atoms with Crippen LogP contribution in [0.3, 0.4) is 0 Å². The average Bonchev–Trinajstić information content (AvgIpc) is 3.13. The topological polar surface area (TPSA) is 72.9 Å². The molecule has 152 valence electrons. The molecule has 1 atom stereocenters. The molecule has 2 N–H and O–H groups in total. The Balaban J connectivity index is 1.60. The minimum absolute atomic E-state index is 0.328. The number of fused-ring (bicyclic) bond motifs is 1. The minimum Gasteiger partial charge on any atom is -0.330 e. The van der Waals surface area contributed by atoms with Crippen molar-refractivity contribution < 1.29 is 0 Å². The first kappa shape index (κ1) is 19.7. The van der Waals surface area contributed by atoms with E-state index in [0.29, 0.717) is 6.04 Å². The maximum absolute atomic E-state index is 5.76. The van der Waals surface area contributed by atoms with Crippen LogP contribution >= 0.6 is 0 Å². The standard InChI is InChI=1S/C23H30N6/c1-28-21(26-27-23(28)19-9-3-2-4-10-19)17-29(16-6-5-14-24)20-13-7-11-18-12-8-15-25-22(18)20/h2-4,8-10,12,15,20H,5-7,11,13-14,16-17,24H2,1H3. The van der Waals surface area contributed by atoms with Crippen LogP contribution in [0.2, 0.25) is 0 Å². The fraction of sp³-hybridized carbons (Fsp3) is 0.435. The zero-order chi connectivity index (χ0) is 20.1. The molecule has 0 aliphatic heterocycles. The minimum atomic E-state index is 0.328. The Hall–Kier alpha value is -2.57. The fourth-order valence-electron chi connectivity index (χ4n) is 4.26. The molecule has 6 heteroatoms. The van der Waals surface area contributed by atoms with Gasteiger partial charge in [0.2, 0.25) is 0 Å². The van der Waals surface area contributed by atoms with E-state index in [1.165, 1.54) is 17.7 Å². The smallest absolute Gasteiger partial charge is 0.163 e. The quantitative estimate of drug-likeness (QED) is 0.596. The lowest BCUT2D eigenvalue weighted by molar-refractivity contribution is 0.157. The number of aryl methyl sites for hydroxylation is 1. The maximum Gasteiger partial charge on any atom is 0.163 e. The summed E-state index contributed by atoms with van der Waals surface area (Å²) in [6.07, 6.45) is 7.50. The van der Waals surface area contributed by atoms with Gasteiger partial charge in [-0.25, -0.2) is 0 Å². The Kier molecular flexibility index (Phi) is 6.32. The Morgan fingerprint density at radius 2 is 1.97 bits per heavy atom. The van der Waals surface area contributed by atoms with Crippen molar-refractivity contribution in [1.82, 2.24) is 24.6 Å². The third kappa shape index (κ3) is 4.38. The van der Waals surface area contributed by atoms with E-state index in [1.807, 2.05) is 24.4 Å². The van der Waals surface area contributed by atoms with Crippen LogP contribution < -0.4 is 5.73 Å². The first-order valence-corrected chi connectivity index (χ1v) is 10.6. The molecule has 0 amide bonds. The van der Waals surface area contributed by atoms with Gasteiger partial charge < -0.3 is 10.3 Å². The molecule has 29 heavy (non-hydrogen) atoms. The summed E-state index contributed by atoms with van der Waals surface area (Å²) in [6, 6.07) is 14.8. The van der Waals surface area contributed by atoms with Crippen molar-refractivity contribution in [2.45, 2.75) is 44.7 Å². The number of nitrogens with zero attached hydrogens (tertiary/aromatic N) is 5. The Bertz CT molecular complexity index is 920. The van der Waals surface area contributed by atoms with Crippen LogP contribution in [0.15, 0.2) is 48.7 Å². The first-order chi connectivity index (χ1) is 14.3. The molecule has 1 aliphatic carbocycles. The summed E-state index contributed by atoms with van der Waals surface area (Å²) in [7, 11) is 2.06. The Morgan fingerprint density at radius 3 is 2.79 bits per heavy atom. The van der Waals surface area contributed by atoms with Gasteiger partial charge in [-0.15, -0.1) is 10.2 Å². The van der Waals surface area contributed by atoms with Gasteiger partial charge in [-0.1, -0.05) is 36.4 Å². The van der Waals surface area contributed by atoms with Gasteiger partial charge in [-0.2, -0.15) is 0 Å². The van der Waals surface area contributed by atoms with Crippen LogP contribution in [-0.4, -0.2) is 37.7 Å². The molecule has 4 rings (SSSR count). The van der Waals surface area contributed by atoms with Gasteiger partial charge in [-0.05, 0) is 56.8 Å². The van der Waals surface area contributed by atoms with Gasteiger partial charge >= 0.3 is 0 Å². The van der Waals surface area contributed by atoms with Crippen molar-refractivity contribution in [3.05, 3.63) is 65.7 Å². The van der Waals surface area contributed by atoms with E-state index in [-0.39, 0.29) is 0 Å². The fourth-order valence-corrected chi connectivity index (χ4v) is 4.26. The third-order valence-electron chi connectivity index (χ3n) is 5.85. The lowest BCUT2D eigenvalue weighted by Crippen LogP contribution is -2.33.